The molecule has 0 heterocycles. The molecule has 0 radical (unpaired) electrons. The van der Waals surface area contributed by atoms with E-state index < -0.39 is 0 Å². The molecule has 29 heavy (non-hydrogen) atoms. The third-order valence-corrected chi connectivity index (χ3v) is 4.59. The van der Waals surface area contributed by atoms with Gasteiger partial charge in [0.2, 0.25) is 5.91 Å². The number of benzene rings is 4. The van der Waals surface area contributed by atoms with Crippen molar-refractivity contribution in [1.29, 1.82) is 0 Å². The van der Waals surface area contributed by atoms with Gasteiger partial charge in [0.25, 0.3) is 0 Å². The highest BCUT2D eigenvalue weighted by atomic mass is 16.5. The highest BCUT2D eigenvalue weighted by molar-refractivity contribution is 5.94. The summed E-state index contributed by atoms with van der Waals surface area (Å²) in [6.07, 6.45) is 0. The summed E-state index contributed by atoms with van der Waals surface area (Å²) in [7, 11) is 0. The molecule has 0 aliphatic rings. The van der Waals surface area contributed by atoms with Crippen LogP contribution in [0, 0.1) is 0 Å². The lowest BCUT2D eigenvalue weighted by Gasteiger charge is -2.10. The van der Waals surface area contributed by atoms with Gasteiger partial charge in [0.05, 0.1) is 6.54 Å². The molecule has 0 aromatic heterocycles. The molecule has 0 saturated carbocycles. The number of amides is 1. The Morgan fingerprint density at radius 3 is 2.21 bits per heavy atom. The Balaban J connectivity index is 1.27. The van der Waals surface area contributed by atoms with Crippen LogP contribution in [0.3, 0.4) is 0 Å². The van der Waals surface area contributed by atoms with Gasteiger partial charge in [-0.2, -0.15) is 0 Å². The maximum Gasteiger partial charge on any atom is 0.243 e. The van der Waals surface area contributed by atoms with Crippen LogP contribution < -0.4 is 15.4 Å². The fraction of sp³-hybridized carbons (Fsp3) is 0.0800. The van der Waals surface area contributed by atoms with E-state index in [0.717, 1.165) is 28.1 Å². The van der Waals surface area contributed by atoms with Crippen molar-refractivity contribution in [3.63, 3.8) is 0 Å². The third kappa shape index (κ3) is 5.14. The van der Waals surface area contributed by atoms with Crippen LogP contribution in [-0.4, -0.2) is 12.5 Å². The Hall–Kier alpha value is -3.79. The number of rotatable bonds is 7. The summed E-state index contributed by atoms with van der Waals surface area (Å²) in [5.41, 5.74) is 2.77. The molecule has 0 bridgehead atoms. The van der Waals surface area contributed by atoms with Gasteiger partial charge in [-0.05, 0) is 52.7 Å². The van der Waals surface area contributed by atoms with Gasteiger partial charge in [-0.1, -0.05) is 60.7 Å². The summed E-state index contributed by atoms with van der Waals surface area (Å²) in [5, 5.41) is 8.38. The van der Waals surface area contributed by atoms with E-state index in [1.807, 2.05) is 84.9 Å². The van der Waals surface area contributed by atoms with Crippen molar-refractivity contribution in [1.82, 2.24) is 0 Å². The van der Waals surface area contributed by atoms with Gasteiger partial charge >= 0.3 is 0 Å². The number of carbonyl (C=O) groups is 1. The lowest BCUT2D eigenvalue weighted by Crippen LogP contribution is -2.21. The predicted molar refractivity (Wildman–Crippen MR) is 118 cm³/mol. The Morgan fingerprint density at radius 2 is 1.41 bits per heavy atom. The molecule has 4 aromatic rings. The third-order valence-electron chi connectivity index (χ3n) is 4.59. The van der Waals surface area contributed by atoms with Crippen molar-refractivity contribution in [2.75, 3.05) is 17.2 Å². The SMILES string of the molecule is O=C(CNc1ccc2ccccc2c1)Nc1ccc(OCc2ccccc2)cc1. The van der Waals surface area contributed by atoms with Crippen LogP contribution in [0.15, 0.2) is 97.1 Å². The minimum absolute atomic E-state index is 0.101. The standard InChI is InChI=1S/C25H22N2O2/c28-25(17-26-23-11-10-20-8-4-5-9-21(20)16-23)27-22-12-14-24(15-13-22)29-18-19-6-2-1-3-7-19/h1-16,26H,17-18H2,(H,27,28). The molecule has 4 heteroatoms. The number of carbonyl (C=O) groups excluding carboxylic acids is 1. The zero-order valence-corrected chi connectivity index (χ0v) is 16.0. The van der Waals surface area contributed by atoms with E-state index in [0.29, 0.717) is 6.61 Å². The zero-order valence-electron chi connectivity index (χ0n) is 16.0. The maximum atomic E-state index is 12.2. The number of ether oxygens (including phenoxy) is 1. The average Bonchev–Trinajstić information content (AvgIpc) is 2.78. The van der Waals surface area contributed by atoms with Crippen molar-refractivity contribution >= 4 is 28.1 Å². The van der Waals surface area contributed by atoms with Crippen molar-refractivity contribution in [2.24, 2.45) is 0 Å². The van der Waals surface area contributed by atoms with Crippen LogP contribution in [-0.2, 0) is 11.4 Å². The molecule has 0 atom stereocenters. The molecule has 4 rings (SSSR count). The largest absolute Gasteiger partial charge is 0.489 e. The first-order valence-corrected chi connectivity index (χ1v) is 9.56. The summed E-state index contributed by atoms with van der Waals surface area (Å²) in [5.74, 6) is 0.664. The summed E-state index contributed by atoms with van der Waals surface area (Å²) in [4.78, 5) is 12.2. The first-order chi connectivity index (χ1) is 14.3. The molecule has 1 amide bonds. The monoisotopic (exact) mass is 382 g/mol. The van der Waals surface area contributed by atoms with Crippen LogP contribution in [0.2, 0.25) is 0 Å². The molecule has 0 unspecified atom stereocenters. The molecule has 0 saturated heterocycles. The summed E-state index contributed by atoms with van der Waals surface area (Å²) in [6, 6.07) is 31.6. The van der Waals surface area contributed by atoms with E-state index in [2.05, 4.69) is 22.8 Å². The molecule has 144 valence electrons. The maximum absolute atomic E-state index is 12.2. The lowest BCUT2D eigenvalue weighted by atomic mass is 10.1. The molecule has 0 aliphatic heterocycles. The second-order valence-corrected chi connectivity index (χ2v) is 6.76. The number of anilines is 2. The van der Waals surface area contributed by atoms with Crippen LogP contribution in [0.25, 0.3) is 10.8 Å². The smallest absolute Gasteiger partial charge is 0.243 e. The van der Waals surface area contributed by atoms with Gasteiger partial charge in [0.1, 0.15) is 12.4 Å². The van der Waals surface area contributed by atoms with Gasteiger partial charge in [0.15, 0.2) is 0 Å². The first kappa shape index (κ1) is 18.6. The van der Waals surface area contributed by atoms with E-state index in [4.69, 9.17) is 4.74 Å². The normalized spacial score (nSPS) is 10.5. The second-order valence-electron chi connectivity index (χ2n) is 6.76. The van der Waals surface area contributed by atoms with E-state index in [9.17, 15) is 4.79 Å². The topological polar surface area (TPSA) is 50.4 Å². The molecule has 0 aliphatic carbocycles. The second kappa shape index (κ2) is 8.93. The zero-order chi connectivity index (χ0) is 19.9. The van der Waals surface area contributed by atoms with E-state index in [1.165, 1.54) is 5.39 Å². The van der Waals surface area contributed by atoms with Gasteiger partial charge in [-0.3, -0.25) is 4.79 Å². The fourth-order valence-corrected chi connectivity index (χ4v) is 3.06. The summed E-state index contributed by atoms with van der Waals surface area (Å²) < 4.78 is 5.77. The molecule has 0 spiro atoms. The number of nitrogens with one attached hydrogen (secondary N) is 2. The molecule has 0 fully saturated rings. The van der Waals surface area contributed by atoms with E-state index in [1.54, 1.807) is 0 Å². The molecule has 2 N–H and O–H groups in total. The highest BCUT2D eigenvalue weighted by Crippen LogP contribution is 2.19. The van der Waals surface area contributed by atoms with Gasteiger partial charge < -0.3 is 15.4 Å². The molecular weight excluding hydrogens is 360 g/mol. The van der Waals surface area contributed by atoms with Gasteiger partial charge in [0, 0.05) is 11.4 Å². The first-order valence-electron chi connectivity index (χ1n) is 9.56. The number of hydrogen-bond acceptors (Lipinski definition) is 3. The van der Waals surface area contributed by atoms with E-state index >= 15 is 0 Å². The Bertz CT molecular complexity index is 1090. The minimum Gasteiger partial charge on any atom is -0.489 e. The molecule has 4 aromatic carbocycles. The highest BCUT2D eigenvalue weighted by Gasteiger charge is 2.04. The average molecular weight is 382 g/mol. The minimum atomic E-state index is -0.101. The summed E-state index contributed by atoms with van der Waals surface area (Å²) >= 11 is 0. The fourth-order valence-electron chi connectivity index (χ4n) is 3.06. The van der Waals surface area contributed by atoms with E-state index in [-0.39, 0.29) is 12.5 Å². The van der Waals surface area contributed by atoms with Crippen LogP contribution in [0.4, 0.5) is 11.4 Å². The van der Waals surface area contributed by atoms with Crippen molar-refractivity contribution in [3.8, 4) is 5.75 Å². The Labute approximate surface area is 170 Å². The van der Waals surface area contributed by atoms with Crippen LogP contribution in [0.1, 0.15) is 5.56 Å². The van der Waals surface area contributed by atoms with Gasteiger partial charge in [-0.25, -0.2) is 0 Å². The van der Waals surface area contributed by atoms with Gasteiger partial charge in [-0.15, -0.1) is 0 Å². The Kier molecular flexibility index (Phi) is 5.72. The summed E-state index contributed by atoms with van der Waals surface area (Å²) in [6.45, 7) is 0.715. The molecule has 4 nitrogen and oxygen atoms in total. The van der Waals surface area contributed by atoms with Crippen molar-refractivity contribution in [2.45, 2.75) is 6.61 Å². The van der Waals surface area contributed by atoms with Crippen molar-refractivity contribution < 1.29 is 9.53 Å². The van der Waals surface area contributed by atoms with Crippen LogP contribution >= 0.6 is 0 Å². The molecular formula is C25H22N2O2. The lowest BCUT2D eigenvalue weighted by molar-refractivity contribution is -0.114. The quantitative estimate of drug-likeness (QED) is 0.446. The predicted octanol–water partition coefficient (Wildman–Crippen LogP) is 5.47. The number of fused-ring (bicyclic) bond motifs is 1. The van der Waals surface area contributed by atoms with Crippen LogP contribution in [0.5, 0.6) is 5.75 Å². The number of hydrogen-bond donors (Lipinski definition) is 2. The Morgan fingerprint density at radius 1 is 0.724 bits per heavy atom. The van der Waals surface area contributed by atoms with Crippen molar-refractivity contribution in [3.05, 3.63) is 103 Å².